The Kier molecular flexibility index (Phi) is 5.01. The number of aromatic nitrogens is 3. The van der Waals surface area contributed by atoms with Gasteiger partial charge in [0.15, 0.2) is 5.16 Å². The Morgan fingerprint density at radius 1 is 1.29 bits per heavy atom. The molecule has 0 radical (unpaired) electrons. The van der Waals surface area contributed by atoms with Crippen molar-refractivity contribution in [2.45, 2.75) is 58.8 Å². The summed E-state index contributed by atoms with van der Waals surface area (Å²) in [6.45, 7) is 11.5. The Hall–Kier alpha value is -0.550. The monoisotopic (exact) mass is 256 g/mol. The van der Waals surface area contributed by atoms with Gasteiger partial charge in [0.1, 0.15) is 5.82 Å². The van der Waals surface area contributed by atoms with Crippen LogP contribution in [-0.4, -0.2) is 20.5 Å². The van der Waals surface area contributed by atoms with Crippen LogP contribution in [0.3, 0.4) is 0 Å². The van der Waals surface area contributed by atoms with Crippen LogP contribution in [0.5, 0.6) is 0 Å². The van der Waals surface area contributed by atoms with Crippen molar-refractivity contribution in [3.8, 4) is 0 Å². The van der Waals surface area contributed by atoms with Gasteiger partial charge in [0, 0.05) is 11.8 Å². The molecule has 1 rings (SSSR count). The Morgan fingerprint density at radius 2 is 1.94 bits per heavy atom. The summed E-state index contributed by atoms with van der Waals surface area (Å²) in [4.78, 5) is 0. The van der Waals surface area contributed by atoms with Crippen molar-refractivity contribution in [1.29, 1.82) is 0 Å². The van der Waals surface area contributed by atoms with Crippen molar-refractivity contribution in [1.82, 2.24) is 14.8 Å². The van der Waals surface area contributed by atoms with E-state index in [0.29, 0.717) is 18.0 Å². The molecule has 4 nitrogen and oxygen atoms in total. The van der Waals surface area contributed by atoms with Gasteiger partial charge in [-0.3, -0.25) is 0 Å². The van der Waals surface area contributed by atoms with Gasteiger partial charge in [0.05, 0.1) is 6.54 Å². The summed E-state index contributed by atoms with van der Waals surface area (Å²) in [7, 11) is 0. The molecule has 0 aliphatic rings. The highest BCUT2D eigenvalue weighted by atomic mass is 32.2. The molecule has 0 aliphatic carbocycles. The Bertz CT molecular complexity index is 352. The molecule has 1 aromatic rings. The number of rotatable bonds is 5. The lowest BCUT2D eigenvalue weighted by atomic mass is 9.94. The summed E-state index contributed by atoms with van der Waals surface area (Å²) in [5.41, 5.74) is 6.03. The topological polar surface area (TPSA) is 56.7 Å². The van der Waals surface area contributed by atoms with Gasteiger partial charge in [-0.15, -0.1) is 10.2 Å². The standard InChI is InChI=1S/C12H24N4S/c1-9(2)16-10(8-13)14-15-11(16)17-7-6-12(3,4)5/h9H,6-8,13H2,1-5H3. The Balaban J connectivity index is 2.68. The summed E-state index contributed by atoms with van der Waals surface area (Å²) < 4.78 is 2.13. The minimum absolute atomic E-state index is 0.362. The van der Waals surface area contributed by atoms with E-state index in [1.54, 1.807) is 11.8 Å². The molecule has 17 heavy (non-hydrogen) atoms. The van der Waals surface area contributed by atoms with Crippen molar-refractivity contribution >= 4 is 11.8 Å². The quantitative estimate of drug-likeness (QED) is 0.823. The summed E-state index contributed by atoms with van der Waals surface area (Å²) in [6, 6.07) is 0.362. The highest BCUT2D eigenvalue weighted by molar-refractivity contribution is 7.99. The second-order valence-corrected chi connectivity index (χ2v) is 6.79. The zero-order valence-electron chi connectivity index (χ0n) is 11.5. The highest BCUT2D eigenvalue weighted by Crippen LogP contribution is 2.26. The Labute approximate surface area is 108 Å². The zero-order chi connectivity index (χ0) is 13.1. The van der Waals surface area contributed by atoms with Gasteiger partial charge in [-0.25, -0.2) is 0 Å². The third kappa shape index (κ3) is 4.32. The molecule has 0 saturated heterocycles. The second kappa shape index (κ2) is 5.87. The minimum Gasteiger partial charge on any atom is -0.324 e. The molecule has 98 valence electrons. The molecule has 0 atom stereocenters. The molecule has 0 spiro atoms. The first-order chi connectivity index (χ1) is 7.85. The first kappa shape index (κ1) is 14.5. The van der Waals surface area contributed by atoms with Crippen LogP contribution in [0.2, 0.25) is 0 Å². The molecule has 0 aromatic carbocycles. The SMILES string of the molecule is CC(C)n1c(CN)nnc1SCCC(C)(C)C. The van der Waals surface area contributed by atoms with Gasteiger partial charge in [0.25, 0.3) is 0 Å². The van der Waals surface area contributed by atoms with E-state index < -0.39 is 0 Å². The number of hydrogen-bond donors (Lipinski definition) is 1. The normalized spacial score (nSPS) is 12.4. The fourth-order valence-corrected chi connectivity index (χ4v) is 2.96. The second-order valence-electron chi connectivity index (χ2n) is 5.73. The fourth-order valence-electron chi connectivity index (χ4n) is 1.51. The van der Waals surface area contributed by atoms with Crippen molar-refractivity contribution in [2.24, 2.45) is 11.1 Å². The molecular weight excluding hydrogens is 232 g/mol. The number of nitrogens with two attached hydrogens (primary N) is 1. The molecule has 1 aromatic heterocycles. The molecule has 0 unspecified atom stereocenters. The van der Waals surface area contributed by atoms with E-state index in [4.69, 9.17) is 5.73 Å². The van der Waals surface area contributed by atoms with Gasteiger partial charge in [-0.05, 0) is 25.7 Å². The molecule has 1 heterocycles. The maximum absolute atomic E-state index is 5.67. The van der Waals surface area contributed by atoms with E-state index in [9.17, 15) is 0 Å². The molecule has 0 aliphatic heterocycles. The summed E-state index contributed by atoms with van der Waals surface area (Å²) in [5.74, 6) is 1.94. The molecular formula is C12H24N4S. The molecule has 5 heteroatoms. The largest absolute Gasteiger partial charge is 0.324 e. The van der Waals surface area contributed by atoms with Crippen molar-refractivity contribution < 1.29 is 0 Å². The van der Waals surface area contributed by atoms with E-state index in [2.05, 4.69) is 49.4 Å². The summed E-state index contributed by atoms with van der Waals surface area (Å²) >= 11 is 1.77. The van der Waals surface area contributed by atoms with Crippen LogP contribution >= 0.6 is 11.8 Å². The lowest BCUT2D eigenvalue weighted by molar-refractivity contribution is 0.401. The summed E-state index contributed by atoms with van der Waals surface area (Å²) in [6.07, 6.45) is 1.17. The van der Waals surface area contributed by atoms with E-state index in [-0.39, 0.29) is 0 Å². The van der Waals surface area contributed by atoms with Gasteiger partial charge in [-0.2, -0.15) is 0 Å². The van der Waals surface area contributed by atoms with E-state index in [0.717, 1.165) is 16.7 Å². The van der Waals surface area contributed by atoms with Crippen LogP contribution in [0.15, 0.2) is 5.16 Å². The predicted octanol–water partition coefficient (Wildman–Crippen LogP) is 2.85. The van der Waals surface area contributed by atoms with Crippen LogP contribution in [0, 0.1) is 5.41 Å². The van der Waals surface area contributed by atoms with Crippen molar-refractivity contribution in [3.05, 3.63) is 5.82 Å². The zero-order valence-corrected chi connectivity index (χ0v) is 12.3. The first-order valence-electron chi connectivity index (χ1n) is 6.12. The molecule has 0 saturated carbocycles. The van der Waals surface area contributed by atoms with Crippen molar-refractivity contribution in [3.63, 3.8) is 0 Å². The molecule has 2 N–H and O–H groups in total. The number of hydrogen-bond acceptors (Lipinski definition) is 4. The smallest absolute Gasteiger partial charge is 0.191 e. The molecule has 0 amide bonds. The highest BCUT2D eigenvalue weighted by Gasteiger charge is 2.15. The predicted molar refractivity (Wildman–Crippen MR) is 73.1 cm³/mol. The van der Waals surface area contributed by atoms with E-state index in [1.807, 2.05) is 0 Å². The van der Waals surface area contributed by atoms with Crippen LogP contribution in [0.25, 0.3) is 0 Å². The van der Waals surface area contributed by atoms with Crippen LogP contribution in [0.1, 0.15) is 52.9 Å². The van der Waals surface area contributed by atoms with E-state index >= 15 is 0 Å². The average Bonchev–Trinajstić information content (AvgIpc) is 2.58. The minimum atomic E-state index is 0.362. The summed E-state index contributed by atoms with van der Waals surface area (Å²) in [5, 5.41) is 9.35. The van der Waals surface area contributed by atoms with E-state index in [1.165, 1.54) is 6.42 Å². The van der Waals surface area contributed by atoms with Gasteiger partial charge < -0.3 is 10.3 Å². The fraction of sp³-hybridized carbons (Fsp3) is 0.833. The average molecular weight is 256 g/mol. The first-order valence-corrected chi connectivity index (χ1v) is 7.10. The third-order valence-electron chi connectivity index (χ3n) is 2.52. The van der Waals surface area contributed by atoms with Gasteiger partial charge >= 0.3 is 0 Å². The van der Waals surface area contributed by atoms with Gasteiger partial charge in [-0.1, -0.05) is 32.5 Å². The van der Waals surface area contributed by atoms with Crippen LogP contribution in [-0.2, 0) is 6.54 Å². The van der Waals surface area contributed by atoms with Crippen LogP contribution in [0.4, 0.5) is 0 Å². The maximum atomic E-state index is 5.67. The number of nitrogens with zero attached hydrogens (tertiary/aromatic N) is 3. The molecule has 0 fully saturated rings. The maximum Gasteiger partial charge on any atom is 0.191 e. The Morgan fingerprint density at radius 3 is 2.41 bits per heavy atom. The lowest BCUT2D eigenvalue weighted by Crippen LogP contribution is -2.12. The molecule has 0 bridgehead atoms. The lowest BCUT2D eigenvalue weighted by Gasteiger charge is -2.18. The third-order valence-corrected chi connectivity index (χ3v) is 3.46. The number of thioether (sulfide) groups is 1. The van der Waals surface area contributed by atoms with Crippen molar-refractivity contribution in [2.75, 3.05) is 5.75 Å². The van der Waals surface area contributed by atoms with Crippen LogP contribution < -0.4 is 5.73 Å². The van der Waals surface area contributed by atoms with Gasteiger partial charge in [0.2, 0.25) is 0 Å².